The maximum absolute atomic E-state index is 5.63. The summed E-state index contributed by atoms with van der Waals surface area (Å²) in [7, 11) is 0. The number of hydrogen-bond donors (Lipinski definition) is 1. The minimum absolute atomic E-state index is 0.557. The van der Waals surface area contributed by atoms with Crippen LogP contribution in [0.5, 0.6) is 0 Å². The van der Waals surface area contributed by atoms with E-state index in [1.807, 2.05) is 32.9 Å². The van der Waals surface area contributed by atoms with E-state index in [0.717, 1.165) is 16.5 Å². The molecule has 0 amide bonds. The van der Waals surface area contributed by atoms with E-state index in [1.54, 1.807) is 12.4 Å². The summed E-state index contributed by atoms with van der Waals surface area (Å²) in [4.78, 5) is 8.27. The average molecular weight is 189 g/mol. The number of aromatic nitrogens is 2. The quantitative estimate of drug-likeness (QED) is 0.692. The summed E-state index contributed by atoms with van der Waals surface area (Å²) in [6, 6.07) is 3.86. The first-order chi connectivity index (χ1) is 6.79. The molecule has 0 saturated carbocycles. The number of anilines is 1. The molecule has 0 aliphatic rings. The SMILES string of the molecule is CC.Cc1c(N)ncc2cccnc12. The molecule has 14 heavy (non-hydrogen) atoms. The van der Waals surface area contributed by atoms with Crippen LogP contribution in [0.3, 0.4) is 0 Å². The summed E-state index contributed by atoms with van der Waals surface area (Å²) in [5.41, 5.74) is 7.52. The van der Waals surface area contributed by atoms with Crippen molar-refractivity contribution in [2.75, 3.05) is 5.73 Å². The molecule has 0 aliphatic carbocycles. The lowest BCUT2D eigenvalue weighted by molar-refractivity contribution is 1.28. The van der Waals surface area contributed by atoms with E-state index in [2.05, 4.69) is 9.97 Å². The molecular formula is C11H15N3. The lowest BCUT2D eigenvalue weighted by Gasteiger charge is -2.01. The lowest BCUT2D eigenvalue weighted by Crippen LogP contribution is -1.95. The third kappa shape index (κ3) is 1.82. The van der Waals surface area contributed by atoms with Crippen molar-refractivity contribution in [1.29, 1.82) is 0 Å². The van der Waals surface area contributed by atoms with Crippen molar-refractivity contribution < 1.29 is 0 Å². The minimum Gasteiger partial charge on any atom is -0.383 e. The molecule has 2 aromatic rings. The van der Waals surface area contributed by atoms with Crippen LogP contribution in [0.25, 0.3) is 10.9 Å². The number of hydrogen-bond acceptors (Lipinski definition) is 3. The highest BCUT2D eigenvalue weighted by atomic mass is 14.8. The van der Waals surface area contributed by atoms with Gasteiger partial charge in [0.1, 0.15) is 5.82 Å². The molecule has 0 fully saturated rings. The first-order valence-electron chi connectivity index (χ1n) is 4.75. The van der Waals surface area contributed by atoms with Gasteiger partial charge in [0, 0.05) is 23.3 Å². The van der Waals surface area contributed by atoms with Gasteiger partial charge in [-0.3, -0.25) is 4.98 Å². The zero-order valence-electron chi connectivity index (χ0n) is 8.78. The molecule has 0 saturated heterocycles. The summed E-state index contributed by atoms with van der Waals surface area (Å²) < 4.78 is 0. The monoisotopic (exact) mass is 189 g/mol. The topological polar surface area (TPSA) is 51.8 Å². The normalized spacial score (nSPS) is 9.36. The Morgan fingerprint density at radius 3 is 2.64 bits per heavy atom. The highest BCUT2D eigenvalue weighted by Gasteiger charge is 2.00. The highest BCUT2D eigenvalue weighted by molar-refractivity contribution is 5.83. The third-order valence-corrected chi connectivity index (χ3v) is 1.92. The van der Waals surface area contributed by atoms with E-state index in [0.29, 0.717) is 5.82 Å². The van der Waals surface area contributed by atoms with E-state index >= 15 is 0 Å². The number of fused-ring (bicyclic) bond motifs is 1. The van der Waals surface area contributed by atoms with Gasteiger partial charge in [-0.1, -0.05) is 13.8 Å². The van der Waals surface area contributed by atoms with Gasteiger partial charge in [0.15, 0.2) is 0 Å². The van der Waals surface area contributed by atoms with Gasteiger partial charge in [-0.15, -0.1) is 0 Å². The predicted molar refractivity (Wildman–Crippen MR) is 60.0 cm³/mol. The number of nitrogens with zero attached hydrogens (tertiary/aromatic N) is 2. The van der Waals surface area contributed by atoms with Gasteiger partial charge in [-0.25, -0.2) is 4.98 Å². The van der Waals surface area contributed by atoms with Crippen molar-refractivity contribution in [2.24, 2.45) is 0 Å². The molecule has 2 rings (SSSR count). The maximum atomic E-state index is 5.63. The molecular weight excluding hydrogens is 174 g/mol. The molecule has 2 aromatic heterocycles. The van der Waals surface area contributed by atoms with Crippen LogP contribution in [-0.4, -0.2) is 9.97 Å². The molecule has 0 unspecified atom stereocenters. The van der Waals surface area contributed by atoms with Gasteiger partial charge in [-0.2, -0.15) is 0 Å². The number of aryl methyl sites for hydroxylation is 1. The van der Waals surface area contributed by atoms with Crippen molar-refractivity contribution in [3.63, 3.8) is 0 Å². The van der Waals surface area contributed by atoms with Gasteiger partial charge in [0.05, 0.1) is 5.52 Å². The predicted octanol–water partition coefficient (Wildman–Crippen LogP) is 2.55. The molecule has 74 valence electrons. The molecule has 3 heteroatoms. The number of pyridine rings is 2. The highest BCUT2D eigenvalue weighted by Crippen LogP contribution is 2.17. The van der Waals surface area contributed by atoms with Gasteiger partial charge >= 0.3 is 0 Å². The molecule has 0 bridgehead atoms. The standard InChI is InChI=1S/C9H9N3.C2H6/c1-6-8-7(3-2-4-11-8)5-12-9(6)10;1-2/h2-5H,1H3,(H2,10,12);1-2H3. The number of rotatable bonds is 0. The Morgan fingerprint density at radius 2 is 1.93 bits per heavy atom. The molecule has 0 atom stereocenters. The van der Waals surface area contributed by atoms with Crippen molar-refractivity contribution in [3.05, 3.63) is 30.1 Å². The van der Waals surface area contributed by atoms with Crippen LogP contribution in [0.2, 0.25) is 0 Å². The molecule has 0 aliphatic heterocycles. The molecule has 3 nitrogen and oxygen atoms in total. The lowest BCUT2D eigenvalue weighted by atomic mass is 10.2. The molecule has 0 aromatic carbocycles. The van der Waals surface area contributed by atoms with Crippen molar-refractivity contribution in [3.8, 4) is 0 Å². The fraction of sp³-hybridized carbons (Fsp3) is 0.273. The molecule has 2 N–H and O–H groups in total. The van der Waals surface area contributed by atoms with Crippen molar-refractivity contribution in [2.45, 2.75) is 20.8 Å². The number of nitrogens with two attached hydrogens (primary N) is 1. The van der Waals surface area contributed by atoms with Crippen LogP contribution < -0.4 is 5.73 Å². The zero-order chi connectivity index (χ0) is 10.6. The maximum Gasteiger partial charge on any atom is 0.128 e. The summed E-state index contributed by atoms with van der Waals surface area (Å²) in [5, 5.41) is 1.03. The Kier molecular flexibility index (Phi) is 3.40. The second-order valence-corrected chi connectivity index (χ2v) is 2.71. The summed E-state index contributed by atoms with van der Waals surface area (Å²) >= 11 is 0. The fourth-order valence-corrected chi connectivity index (χ4v) is 1.19. The van der Waals surface area contributed by atoms with Crippen LogP contribution in [0, 0.1) is 6.92 Å². The van der Waals surface area contributed by atoms with Gasteiger partial charge in [0.25, 0.3) is 0 Å². The van der Waals surface area contributed by atoms with E-state index in [9.17, 15) is 0 Å². The van der Waals surface area contributed by atoms with E-state index in [1.165, 1.54) is 0 Å². The molecule has 2 heterocycles. The van der Waals surface area contributed by atoms with Crippen molar-refractivity contribution >= 4 is 16.7 Å². The fourth-order valence-electron chi connectivity index (χ4n) is 1.19. The van der Waals surface area contributed by atoms with Crippen LogP contribution in [0.15, 0.2) is 24.5 Å². The second-order valence-electron chi connectivity index (χ2n) is 2.71. The largest absolute Gasteiger partial charge is 0.383 e. The zero-order valence-corrected chi connectivity index (χ0v) is 8.78. The Morgan fingerprint density at radius 1 is 1.21 bits per heavy atom. The molecule has 0 spiro atoms. The Balaban J connectivity index is 0.000000461. The van der Waals surface area contributed by atoms with Gasteiger partial charge in [0.2, 0.25) is 0 Å². The van der Waals surface area contributed by atoms with Crippen molar-refractivity contribution in [1.82, 2.24) is 9.97 Å². The first-order valence-corrected chi connectivity index (χ1v) is 4.75. The Hall–Kier alpha value is -1.64. The van der Waals surface area contributed by atoms with E-state index < -0.39 is 0 Å². The van der Waals surface area contributed by atoms with Crippen LogP contribution in [0.4, 0.5) is 5.82 Å². The summed E-state index contributed by atoms with van der Waals surface area (Å²) in [6.07, 6.45) is 3.50. The second kappa shape index (κ2) is 4.56. The van der Waals surface area contributed by atoms with Gasteiger partial charge in [-0.05, 0) is 19.1 Å². The van der Waals surface area contributed by atoms with E-state index in [-0.39, 0.29) is 0 Å². The van der Waals surface area contributed by atoms with Gasteiger partial charge < -0.3 is 5.73 Å². The summed E-state index contributed by atoms with van der Waals surface area (Å²) in [6.45, 7) is 5.93. The first kappa shape index (κ1) is 10.4. The smallest absolute Gasteiger partial charge is 0.128 e. The van der Waals surface area contributed by atoms with Crippen LogP contribution in [0.1, 0.15) is 19.4 Å². The third-order valence-electron chi connectivity index (χ3n) is 1.92. The van der Waals surface area contributed by atoms with Crippen LogP contribution >= 0.6 is 0 Å². The average Bonchev–Trinajstić information content (AvgIpc) is 2.27. The Labute approximate surface area is 84.0 Å². The summed E-state index contributed by atoms with van der Waals surface area (Å²) in [5.74, 6) is 0.557. The van der Waals surface area contributed by atoms with Crippen LogP contribution in [-0.2, 0) is 0 Å². The Bertz CT molecular complexity index is 424. The van der Waals surface area contributed by atoms with E-state index in [4.69, 9.17) is 5.73 Å². The number of nitrogen functional groups attached to an aromatic ring is 1. The molecule has 0 radical (unpaired) electrons. The minimum atomic E-state index is 0.557.